The van der Waals surface area contributed by atoms with Gasteiger partial charge in [-0.25, -0.2) is 4.99 Å². The van der Waals surface area contributed by atoms with E-state index in [1.54, 1.807) is 0 Å². The topological polar surface area (TPSA) is 67.1 Å². The fraction of sp³-hybridized carbons (Fsp3) is 0.864. The number of aliphatic imine (C=N–C) groups is 1. The van der Waals surface area contributed by atoms with Crippen molar-refractivity contribution in [3.63, 3.8) is 0 Å². The second-order valence-corrected chi connectivity index (χ2v) is 9.06. The standard InChI is InChI=1S/C22H40N6.HI/c1-16(19-11-7-5-8-12-19)17(2)24-22(25-20-13-9-6-10-14-20)23-15-21-27-26-18(3)28(21)4;/h16-17,19-20H,5-15H2,1-4H3,(H2,23,24,25);1H. The molecule has 166 valence electrons. The molecule has 2 unspecified atom stereocenters. The summed E-state index contributed by atoms with van der Waals surface area (Å²) in [7, 11) is 2.01. The van der Waals surface area contributed by atoms with Crippen LogP contribution in [0.1, 0.15) is 89.7 Å². The Kier molecular flexibility index (Phi) is 10.2. The number of guanidine groups is 1. The number of halogens is 1. The van der Waals surface area contributed by atoms with Gasteiger partial charge in [-0.2, -0.15) is 0 Å². The molecule has 2 N–H and O–H groups in total. The molecule has 0 saturated heterocycles. The van der Waals surface area contributed by atoms with E-state index in [1.807, 2.05) is 18.5 Å². The van der Waals surface area contributed by atoms with Crippen molar-refractivity contribution < 1.29 is 0 Å². The third kappa shape index (κ3) is 7.10. The van der Waals surface area contributed by atoms with Crippen LogP contribution in [0.15, 0.2) is 4.99 Å². The zero-order chi connectivity index (χ0) is 19.9. The van der Waals surface area contributed by atoms with Crippen molar-refractivity contribution in [1.82, 2.24) is 25.4 Å². The Morgan fingerprint density at radius 3 is 2.24 bits per heavy atom. The molecular formula is C22H41IN6. The molecule has 0 aromatic carbocycles. The molecule has 1 heterocycles. The predicted octanol–water partition coefficient (Wildman–Crippen LogP) is 4.71. The van der Waals surface area contributed by atoms with E-state index >= 15 is 0 Å². The highest BCUT2D eigenvalue weighted by Gasteiger charge is 2.25. The Hall–Kier alpha value is -0.860. The minimum atomic E-state index is 0. The molecule has 2 saturated carbocycles. The minimum absolute atomic E-state index is 0. The molecule has 1 aromatic heterocycles. The molecule has 2 atom stereocenters. The molecule has 0 spiro atoms. The van der Waals surface area contributed by atoms with Gasteiger partial charge in [0.05, 0.1) is 0 Å². The van der Waals surface area contributed by atoms with Crippen LogP contribution in [0.4, 0.5) is 0 Å². The molecule has 0 amide bonds. The van der Waals surface area contributed by atoms with Gasteiger partial charge in [0, 0.05) is 19.1 Å². The van der Waals surface area contributed by atoms with Gasteiger partial charge < -0.3 is 15.2 Å². The summed E-state index contributed by atoms with van der Waals surface area (Å²) in [5.41, 5.74) is 0. The summed E-state index contributed by atoms with van der Waals surface area (Å²) in [5.74, 6) is 4.29. The molecule has 0 radical (unpaired) electrons. The zero-order valence-electron chi connectivity index (χ0n) is 18.8. The number of hydrogen-bond donors (Lipinski definition) is 2. The maximum absolute atomic E-state index is 4.90. The second-order valence-electron chi connectivity index (χ2n) is 9.06. The summed E-state index contributed by atoms with van der Waals surface area (Å²) in [5, 5.41) is 15.9. The number of nitrogens with zero attached hydrogens (tertiary/aromatic N) is 4. The Morgan fingerprint density at radius 2 is 1.66 bits per heavy atom. The number of aryl methyl sites for hydroxylation is 1. The summed E-state index contributed by atoms with van der Waals surface area (Å²) in [6.45, 7) is 7.28. The van der Waals surface area contributed by atoms with Gasteiger partial charge in [0.25, 0.3) is 0 Å². The highest BCUT2D eigenvalue weighted by atomic mass is 127. The largest absolute Gasteiger partial charge is 0.354 e. The average molecular weight is 517 g/mol. The van der Waals surface area contributed by atoms with Gasteiger partial charge in [0.2, 0.25) is 0 Å². The van der Waals surface area contributed by atoms with Crippen molar-refractivity contribution in [3.8, 4) is 0 Å². The van der Waals surface area contributed by atoms with Crippen molar-refractivity contribution in [3.05, 3.63) is 11.6 Å². The Balaban J connectivity index is 0.00000300. The zero-order valence-corrected chi connectivity index (χ0v) is 21.1. The lowest BCUT2D eigenvalue weighted by Crippen LogP contribution is -2.49. The van der Waals surface area contributed by atoms with Crippen LogP contribution in [-0.4, -0.2) is 32.8 Å². The Morgan fingerprint density at radius 1 is 1.03 bits per heavy atom. The van der Waals surface area contributed by atoms with Crippen LogP contribution >= 0.6 is 24.0 Å². The molecule has 2 aliphatic rings. The first-order valence-corrected chi connectivity index (χ1v) is 11.5. The quantitative estimate of drug-likeness (QED) is 0.327. The first-order chi connectivity index (χ1) is 13.5. The fourth-order valence-corrected chi connectivity index (χ4v) is 4.73. The van der Waals surface area contributed by atoms with E-state index in [0.29, 0.717) is 24.5 Å². The molecule has 1 aromatic rings. The normalized spacial score (nSPS) is 21.3. The van der Waals surface area contributed by atoms with Crippen molar-refractivity contribution in [2.75, 3.05) is 0 Å². The van der Waals surface area contributed by atoms with E-state index in [0.717, 1.165) is 23.5 Å². The average Bonchev–Trinajstić information content (AvgIpc) is 3.05. The highest BCUT2D eigenvalue weighted by molar-refractivity contribution is 14.0. The molecule has 0 aliphatic heterocycles. The van der Waals surface area contributed by atoms with Crippen molar-refractivity contribution in [2.45, 2.75) is 104 Å². The Bertz CT molecular complexity index is 631. The van der Waals surface area contributed by atoms with E-state index < -0.39 is 0 Å². The van der Waals surface area contributed by atoms with Crippen LogP contribution in [0, 0.1) is 18.8 Å². The molecule has 0 bridgehead atoms. The summed E-state index contributed by atoms with van der Waals surface area (Å²) >= 11 is 0. The smallest absolute Gasteiger partial charge is 0.192 e. The van der Waals surface area contributed by atoms with Crippen LogP contribution in [0.5, 0.6) is 0 Å². The summed E-state index contributed by atoms with van der Waals surface area (Å²) in [6, 6.07) is 0.956. The molecule has 2 fully saturated rings. The van der Waals surface area contributed by atoms with Crippen LogP contribution in [0.25, 0.3) is 0 Å². The monoisotopic (exact) mass is 516 g/mol. The fourth-order valence-electron chi connectivity index (χ4n) is 4.73. The van der Waals surface area contributed by atoms with Gasteiger partial charge in [-0.05, 0) is 38.5 Å². The van der Waals surface area contributed by atoms with Gasteiger partial charge in [-0.15, -0.1) is 34.2 Å². The van der Waals surface area contributed by atoms with Crippen LogP contribution < -0.4 is 10.6 Å². The van der Waals surface area contributed by atoms with Crippen LogP contribution in [0.2, 0.25) is 0 Å². The van der Waals surface area contributed by atoms with Crippen molar-refractivity contribution in [2.24, 2.45) is 23.9 Å². The van der Waals surface area contributed by atoms with E-state index in [2.05, 4.69) is 34.7 Å². The maximum Gasteiger partial charge on any atom is 0.192 e. The van der Waals surface area contributed by atoms with E-state index in [1.165, 1.54) is 64.2 Å². The maximum atomic E-state index is 4.90. The summed E-state index contributed by atoms with van der Waals surface area (Å²) in [6.07, 6.45) is 13.5. The minimum Gasteiger partial charge on any atom is -0.354 e. The molecule has 7 heteroatoms. The second kappa shape index (κ2) is 12.1. The molecule has 6 nitrogen and oxygen atoms in total. The van der Waals surface area contributed by atoms with Gasteiger partial charge in [-0.1, -0.05) is 58.3 Å². The number of aromatic nitrogens is 3. The third-order valence-electron chi connectivity index (χ3n) is 7.05. The van der Waals surface area contributed by atoms with Crippen LogP contribution in [0.3, 0.4) is 0 Å². The lowest BCUT2D eigenvalue weighted by atomic mass is 9.78. The van der Waals surface area contributed by atoms with E-state index in [9.17, 15) is 0 Å². The van der Waals surface area contributed by atoms with E-state index in [-0.39, 0.29) is 24.0 Å². The van der Waals surface area contributed by atoms with Gasteiger partial charge in [0.1, 0.15) is 12.4 Å². The molecule has 29 heavy (non-hydrogen) atoms. The van der Waals surface area contributed by atoms with Gasteiger partial charge in [0.15, 0.2) is 11.8 Å². The third-order valence-corrected chi connectivity index (χ3v) is 7.05. The first kappa shape index (κ1) is 24.4. The molecular weight excluding hydrogens is 475 g/mol. The number of rotatable bonds is 6. The van der Waals surface area contributed by atoms with E-state index in [4.69, 9.17) is 4.99 Å². The van der Waals surface area contributed by atoms with Crippen LogP contribution in [-0.2, 0) is 13.6 Å². The molecule has 2 aliphatic carbocycles. The first-order valence-electron chi connectivity index (χ1n) is 11.5. The van der Waals surface area contributed by atoms with Crippen molar-refractivity contribution >= 4 is 29.9 Å². The SMILES string of the molecule is Cc1nnc(CN=C(NC2CCCCC2)NC(C)C(C)C2CCCCC2)n1C.I. The van der Waals surface area contributed by atoms with Crippen molar-refractivity contribution in [1.29, 1.82) is 0 Å². The van der Waals surface area contributed by atoms with Gasteiger partial charge in [-0.3, -0.25) is 0 Å². The summed E-state index contributed by atoms with van der Waals surface area (Å²) in [4.78, 5) is 4.90. The number of hydrogen-bond acceptors (Lipinski definition) is 3. The Labute approximate surface area is 194 Å². The number of nitrogens with one attached hydrogen (secondary N) is 2. The van der Waals surface area contributed by atoms with Gasteiger partial charge >= 0.3 is 0 Å². The lowest BCUT2D eigenvalue weighted by molar-refractivity contribution is 0.229. The lowest BCUT2D eigenvalue weighted by Gasteiger charge is -2.34. The predicted molar refractivity (Wildman–Crippen MR) is 131 cm³/mol. The summed E-state index contributed by atoms with van der Waals surface area (Å²) < 4.78 is 2.02. The highest BCUT2D eigenvalue weighted by Crippen LogP contribution is 2.31. The molecule has 3 rings (SSSR count).